The monoisotopic (exact) mass is 200 g/mol. The first-order chi connectivity index (χ1) is 7.22. The van der Waals surface area contributed by atoms with Gasteiger partial charge in [0.2, 0.25) is 0 Å². The predicted octanol–water partition coefficient (Wildman–Crippen LogP) is 2.55. The number of hydrogen-bond acceptors (Lipinski definition) is 1. The summed E-state index contributed by atoms with van der Waals surface area (Å²) < 4.78 is 0. The molecule has 0 spiro atoms. The van der Waals surface area contributed by atoms with Gasteiger partial charge in [-0.05, 0) is 48.9 Å². The molecule has 1 atom stereocenters. The molecule has 78 valence electrons. The number of nitrogens with two attached hydrogens (primary N) is 1. The van der Waals surface area contributed by atoms with Gasteiger partial charge in [-0.15, -0.1) is 0 Å². The maximum absolute atomic E-state index is 6.08. The Morgan fingerprint density at radius 3 is 2.80 bits per heavy atom. The molecule has 3 N–H and O–H groups in total. The van der Waals surface area contributed by atoms with Gasteiger partial charge in [-0.2, -0.15) is 0 Å². The average Bonchev–Trinajstić information content (AvgIpc) is 2.91. The molecule has 0 radical (unpaired) electrons. The second-order valence-corrected chi connectivity index (χ2v) is 4.72. The van der Waals surface area contributed by atoms with Gasteiger partial charge >= 0.3 is 0 Å². The highest BCUT2D eigenvalue weighted by atomic mass is 14.7. The first-order valence-corrected chi connectivity index (χ1v) is 5.56. The molecule has 1 saturated carbocycles. The van der Waals surface area contributed by atoms with Crippen LogP contribution in [-0.2, 0) is 5.41 Å². The van der Waals surface area contributed by atoms with E-state index in [0.717, 1.165) is 0 Å². The van der Waals surface area contributed by atoms with Crippen molar-refractivity contribution in [2.75, 3.05) is 0 Å². The summed E-state index contributed by atoms with van der Waals surface area (Å²) in [4.78, 5) is 3.22. The highest BCUT2D eigenvalue weighted by Crippen LogP contribution is 2.50. The molecular weight excluding hydrogens is 184 g/mol. The van der Waals surface area contributed by atoms with Crippen LogP contribution in [0.15, 0.2) is 30.5 Å². The average molecular weight is 200 g/mol. The van der Waals surface area contributed by atoms with E-state index in [2.05, 4.69) is 36.2 Å². The van der Waals surface area contributed by atoms with Crippen molar-refractivity contribution < 1.29 is 0 Å². The fourth-order valence-corrected chi connectivity index (χ4v) is 2.50. The van der Waals surface area contributed by atoms with Crippen LogP contribution < -0.4 is 5.73 Å². The normalized spacial score (nSPS) is 20.4. The van der Waals surface area contributed by atoms with E-state index in [0.29, 0.717) is 0 Å². The van der Waals surface area contributed by atoms with Gasteiger partial charge in [-0.1, -0.05) is 6.07 Å². The Labute approximate surface area is 89.5 Å². The van der Waals surface area contributed by atoms with Crippen LogP contribution in [0.1, 0.15) is 25.3 Å². The summed E-state index contributed by atoms with van der Waals surface area (Å²) >= 11 is 0. The molecule has 0 aliphatic heterocycles. The van der Waals surface area contributed by atoms with E-state index in [1.165, 1.54) is 29.3 Å². The molecule has 0 saturated heterocycles. The van der Waals surface area contributed by atoms with Crippen LogP contribution in [0.4, 0.5) is 0 Å². The maximum Gasteiger partial charge on any atom is 0.0454 e. The molecule has 2 nitrogen and oxygen atoms in total. The molecule has 1 aromatic carbocycles. The molecule has 1 aliphatic carbocycles. The van der Waals surface area contributed by atoms with Crippen LogP contribution in [0.25, 0.3) is 10.9 Å². The second-order valence-electron chi connectivity index (χ2n) is 4.72. The lowest BCUT2D eigenvalue weighted by Gasteiger charge is -2.20. The molecule has 0 amide bonds. The van der Waals surface area contributed by atoms with Crippen LogP contribution in [0, 0.1) is 0 Å². The Balaban J connectivity index is 2.11. The molecule has 1 fully saturated rings. The quantitative estimate of drug-likeness (QED) is 0.768. The third kappa shape index (κ3) is 1.21. The van der Waals surface area contributed by atoms with Crippen molar-refractivity contribution in [2.24, 2.45) is 5.73 Å². The number of rotatable bonds is 2. The van der Waals surface area contributed by atoms with Gasteiger partial charge in [0, 0.05) is 23.2 Å². The van der Waals surface area contributed by atoms with E-state index in [1.54, 1.807) is 0 Å². The van der Waals surface area contributed by atoms with Crippen molar-refractivity contribution in [3.05, 3.63) is 36.0 Å². The molecule has 0 bridgehead atoms. The number of benzene rings is 1. The number of fused-ring (bicyclic) bond motifs is 1. The lowest BCUT2D eigenvalue weighted by atomic mass is 9.89. The largest absolute Gasteiger partial charge is 0.361 e. The van der Waals surface area contributed by atoms with Crippen LogP contribution in [0.3, 0.4) is 0 Å². The van der Waals surface area contributed by atoms with Crippen molar-refractivity contribution in [3.8, 4) is 0 Å². The summed E-state index contributed by atoms with van der Waals surface area (Å²) in [5, 5.41) is 1.29. The zero-order valence-corrected chi connectivity index (χ0v) is 8.96. The van der Waals surface area contributed by atoms with Gasteiger partial charge in [0.05, 0.1) is 0 Å². The zero-order chi connectivity index (χ0) is 10.5. The van der Waals surface area contributed by atoms with Gasteiger partial charge < -0.3 is 10.7 Å². The standard InChI is InChI=1S/C13H16N2/c1-9(14)13(5-6-13)11-2-3-12-10(8-11)4-7-15-12/h2-4,7-9,15H,5-6,14H2,1H3. The summed E-state index contributed by atoms with van der Waals surface area (Å²) in [6.07, 6.45) is 4.46. The Morgan fingerprint density at radius 1 is 1.33 bits per heavy atom. The third-order valence-corrected chi connectivity index (χ3v) is 3.79. The van der Waals surface area contributed by atoms with E-state index in [4.69, 9.17) is 5.73 Å². The van der Waals surface area contributed by atoms with Gasteiger partial charge in [-0.3, -0.25) is 0 Å². The van der Waals surface area contributed by atoms with Crippen molar-refractivity contribution in [1.29, 1.82) is 0 Å². The topological polar surface area (TPSA) is 41.8 Å². The molecule has 1 heterocycles. The minimum Gasteiger partial charge on any atom is -0.361 e. The second kappa shape index (κ2) is 2.86. The van der Waals surface area contributed by atoms with Crippen LogP contribution >= 0.6 is 0 Å². The number of hydrogen-bond donors (Lipinski definition) is 2. The number of aromatic amines is 1. The number of H-pyrrole nitrogens is 1. The fourth-order valence-electron chi connectivity index (χ4n) is 2.50. The first-order valence-electron chi connectivity index (χ1n) is 5.56. The summed E-state index contributed by atoms with van der Waals surface area (Å²) in [6, 6.07) is 9.04. The molecule has 3 rings (SSSR count). The Morgan fingerprint density at radius 2 is 2.13 bits per heavy atom. The zero-order valence-electron chi connectivity index (χ0n) is 8.96. The molecule has 1 unspecified atom stereocenters. The van der Waals surface area contributed by atoms with E-state index in [9.17, 15) is 0 Å². The van der Waals surface area contributed by atoms with Crippen LogP contribution in [0.2, 0.25) is 0 Å². The number of aromatic nitrogens is 1. The first kappa shape index (κ1) is 8.98. The smallest absolute Gasteiger partial charge is 0.0454 e. The molecular formula is C13H16N2. The molecule has 1 aliphatic rings. The summed E-state index contributed by atoms with van der Waals surface area (Å²) in [5.74, 6) is 0. The minimum absolute atomic E-state index is 0.258. The highest BCUT2D eigenvalue weighted by Gasteiger charge is 2.47. The Hall–Kier alpha value is -1.28. The lowest BCUT2D eigenvalue weighted by molar-refractivity contribution is 0.557. The van der Waals surface area contributed by atoms with E-state index >= 15 is 0 Å². The Kier molecular flexibility index (Phi) is 1.71. The maximum atomic E-state index is 6.08. The minimum atomic E-state index is 0.258. The summed E-state index contributed by atoms with van der Waals surface area (Å²) in [5.41, 5.74) is 8.96. The Bertz CT molecular complexity index is 492. The molecule has 2 heteroatoms. The predicted molar refractivity (Wildman–Crippen MR) is 62.9 cm³/mol. The van der Waals surface area contributed by atoms with Crippen molar-refractivity contribution >= 4 is 10.9 Å². The van der Waals surface area contributed by atoms with Crippen molar-refractivity contribution in [3.63, 3.8) is 0 Å². The number of nitrogens with one attached hydrogen (secondary N) is 1. The van der Waals surface area contributed by atoms with Gasteiger partial charge in [0.1, 0.15) is 0 Å². The molecule has 2 aromatic rings. The molecule has 1 aromatic heterocycles. The van der Waals surface area contributed by atoms with Gasteiger partial charge in [0.15, 0.2) is 0 Å². The van der Waals surface area contributed by atoms with Crippen molar-refractivity contribution in [1.82, 2.24) is 4.98 Å². The summed E-state index contributed by atoms with van der Waals surface area (Å²) in [7, 11) is 0. The van der Waals surface area contributed by atoms with E-state index in [-0.39, 0.29) is 11.5 Å². The third-order valence-electron chi connectivity index (χ3n) is 3.79. The fraction of sp³-hybridized carbons (Fsp3) is 0.385. The van der Waals surface area contributed by atoms with Crippen LogP contribution in [0.5, 0.6) is 0 Å². The van der Waals surface area contributed by atoms with Gasteiger partial charge in [0.25, 0.3) is 0 Å². The SMILES string of the molecule is CC(N)C1(c2ccc3[nH]ccc3c2)CC1. The van der Waals surface area contributed by atoms with E-state index < -0.39 is 0 Å². The van der Waals surface area contributed by atoms with Crippen molar-refractivity contribution in [2.45, 2.75) is 31.2 Å². The lowest BCUT2D eigenvalue weighted by Crippen LogP contribution is -2.31. The van der Waals surface area contributed by atoms with Gasteiger partial charge in [-0.25, -0.2) is 0 Å². The summed E-state index contributed by atoms with van der Waals surface area (Å²) in [6.45, 7) is 2.12. The van der Waals surface area contributed by atoms with E-state index in [1.807, 2.05) is 6.20 Å². The highest BCUT2D eigenvalue weighted by molar-refractivity contribution is 5.80. The van der Waals surface area contributed by atoms with Crippen LogP contribution in [-0.4, -0.2) is 11.0 Å². The molecule has 15 heavy (non-hydrogen) atoms.